The SMILES string of the molecule is Brc1ccccc1N1C=CC=Cc2ccccc21. The Morgan fingerprint density at radius 2 is 1.50 bits per heavy atom. The van der Waals surface area contributed by atoms with Gasteiger partial charge < -0.3 is 4.90 Å². The van der Waals surface area contributed by atoms with Crippen LogP contribution < -0.4 is 4.90 Å². The highest BCUT2D eigenvalue weighted by Crippen LogP contribution is 2.35. The van der Waals surface area contributed by atoms with Crippen LogP contribution in [0.3, 0.4) is 0 Å². The van der Waals surface area contributed by atoms with Crippen molar-refractivity contribution in [1.29, 1.82) is 0 Å². The molecule has 0 atom stereocenters. The van der Waals surface area contributed by atoms with E-state index >= 15 is 0 Å². The van der Waals surface area contributed by atoms with Crippen LogP contribution in [0.2, 0.25) is 0 Å². The molecule has 88 valence electrons. The lowest BCUT2D eigenvalue weighted by atomic mass is 10.1. The highest BCUT2D eigenvalue weighted by molar-refractivity contribution is 9.10. The number of nitrogens with zero attached hydrogens (tertiary/aromatic N) is 1. The summed E-state index contributed by atoms with van der Waals surface area (Å²) in [6, 6.07) is 16.6. The maximum Gasteiger partial charge on any atom is 0.0597 e. The van der Waals surface area contributed by atoms with E-state index in [1.54, 1.807) is 0 Å². The molecule has 0 amide bonds. The van der Waals surface area contributed by atoms with E-state index < -0.39 is 0 Å². The Morgan fingerprint density at radius 3 is 2.33 bits per heavy atom. The summed E-state index contributed by atoms with van der Waals surface area (Å²) in [4.78, 5) is 2.19. The quantitative estimate of drug-likeness (QED) is 0.705. The van der Waals surface area contributed by atoms with Crippen LogP contribution >= 0.6 is 15.9 Å². The van der Waals surface area contributed by atoms with Crippen molar-refractivity contribution in [2.45, 2.75) is 0 Å². The van der Waals surface area contributed by atoms with E-state index in [0.29, 0.717) is 0 Å². The van der Waals surface area contributed by atoms with Crippen molar-refractivity contribution in [1.82, 2.24) is 0 Å². The molecule has 1 heterocycles. The molecule has 1 nitrogen and oxygen atoms in total. The van der Waals surface area contributed by atoms with Crippen molar-refractivity contribution in [3.8, 4) is 0 Å². The van der Waals surface area contributed by atoms with E-state index in [1.165, 1.54) is 11.3 Å². The summed E-state index contributed by atoms with van der Waals surface area (Å²) in [6.45, 7) is 0. The van der Waals surface area contributed by atoms with Crippen LogP contribution in [0.25, 0.3) is 6.08 Å². The molecular weight excluding hydrogens is 286 g/mol. The minimum atomic E-state index is 1.09. The summed E-state index contributed by atoms with van der Waals surface area (Å²) in [5, 5.41) is 0. The third kappa shape index (κ3) is 2.00. The molecule has 2 heteroatoms. The lowest BCUT2D eigenvalue weighted by molar-refractivity contribution is 1.27. The number of hydrogen-bond donors (Lipinski definition) is 0. The standard InChI is InChI=1S/C16H12BrN/c17-14-9-2-4-11-16(14)18-12-6-5-8-13-7-1-3-10-15(13)18/h1-12H. The van der Waals surface area contributed by atoms with E-state index in [4.69, 9.17) is 0 Å². The Labute approximate surface area is 115 Å². The maximum absolute atomic E-state index is 3.61. The van der Waals surface area contributed by atoms with E-state index in [9.17, 15) is 0 Å². The van der Waals surface area contributed by atoms with E-state index in [-0.39, 0.29) is 0 Å². The number of allylic oxidation sites excluding steroid dienone is 2. The second kappa shape index (κ2) is 4.83. The van der Waals surface area contributed by atoms with Crippen molar-refractivity contribution >= 4 is 33.4 Å². The average Bonchev–Trinajstić information content (AvgIpc) is 2.62. The molecule has 0 unspecified atom stereocenters. The molecule has 0 aliphatic carbocycles. The van der Waals surface area contributed by atoms with Gasteiger partial charge >= 0.3 is 0 Å². The number of anilines is 2. The van der Waals surface area contributed by atoms with Crippen LogP contribution in [0.15, 0.2) is 71.4 Å². The van der Waals surface area contributed by atoms with Gasteiger partial charge in [-0.05, 0) is 45.8 Å². The molecule has 0 saturated heterocycles. The monoisotopic (exact) mass is 297 g/mol. The van der Waals surface area contributed by atoms with Crippen molar-refractivity contribution in [2.75, 3.05) is 4.90 Å². The second-order valence-corrected chi connectivity index (χ2v) is 4.94. The third-order valence-corrected chi connectivity index (χ3v) is 3.60. The van der Waals surface area contributed by atoms with Gasteiger partial charge in [-0.2, -0.15) is 0 Å². The zero-order chi connectivity index (χ0) is 12.4. The molecule has 0 radical (unpaired) electrons. The molecule has 0 fully saturated rings. The molecule has 0 aromatic heterocycles. The van der Waals surface area contributed by atoms with Crippen molar-refractivity contribution in [3.63, 3.8) is 0 Å². The molecule has 0 bridgehead atoms. The molecule has 1 aliphatic rings. The minimum Gasteiger partial charge on any atom is -0.315 e. The number of para-hydroxylation sites is 2. The smallest absolute Gasteiger partial charge is 0.0597 e. The van der Waals surface area contributed by atoms with Crippen LogP contribution in [-0.4, -0.2) is 0 Å². The van der Waals surface area contributed by atoms with Crippen LogP contribution in [0.5, 0.6) is 0 Å². The first-order valence-corrected chi connectivity index (χ1v) is 6.63. The predicted octanol–water partition coefficient (Wildman–Crippen LogP) is 5.13. The fourth-order valence-corrected chi connectivity index (χ4v) is 2.56. The van der Waals surface area contributed by atoms with Crippen LogP contribution in [0.4, 0.5) is 11.4 Å². The summed E-state index contributed by atoms with van der Waals surface area (Å²) in [5.41, 5.74) is 3.55. The zero-order valence-electron chi connectivity index (χ0n) is 9.75. The van der Waals surface area contributed by atoms with Gasteiger partial charge in [-0.3, -0.25) is 0 Å². The molecule has 1 aliphatic heterocycles. The molecule has 18 heavy (non-hydrogen) atoms. The van der Waals surface area contributed by atoms with Crippen molar-refractivity contribution in [3.05, 3.63) is 76.9 Å². The van der Waals surface area contributed by atoms with Gasteiger partial charge in [-0.1, -0.05) is 42.5 Å². The Kier molecular flexibility index (Phi) is 3.03. The minimum absolute atomic E-state index is 1.09. The fraction of sp³-hybridized carbons (Fsp3) is 0. The van der Waals surface area contributed by atoms with E-state index in [0.717, 1.165) is 10.2 Å². The van der Waals surface area contributed by atoms with Gasteiger partial charge in [0, 0.05) is 10.7 Å². The Bertz CT molecular complexity index is 628. The molecule has 0 N–H and O–H groups in total. The largest absolute Gasteiger partial charge is 0.315 e. The first-order chi connectivity index (χ1) is 8.86. The lowest BCUT2D eigenvalue weighted by Gasteiger charge is -2.23. The van der Waals surface area contributed by atoms with E-state index in [2.05, 4.69) is 87.7 Å². The van der Waals surface area contributed by atoms with E-state index in [1.807, 2.05) is 6.07 Å². The predicted molar refractivity (Wildman–Crippen MR) is 80.9 cm³/mol. The Hall–Kier alpha value is -1.80. The number of rotatable bonds is 1. The summed E-state index contributed by atoms with van der Waals surface area (Å²) < 4.78 is 1.09. The van der Waals surface area contributed by atoms with Gasteiger partial charge in [-0.15, -0.1) is 0 Å². The topological polar surface area (TPSA) is 3.24 Å². The first-order valence-electron chi connectivity index (χ1n) is 5.84. The molecule has 0 saturated carbocycles. The van der Waals surface area contributed by atoms with Crippen LogP contribution in [0, 0.1) is 0 Å². The van der Waals surface area contributed by atoms with Crippen LogP contribution in [-0.2, 0) is 0 Å². The molecule has 3 rings (SSSR count). The Morgan fingerprint density at radius 1 is 0.778 bits per heavy atom. The normalized spacial score (nSPS) is 13.3. The second-order valence-electron chi connectivity index (χ2n) is 4.08. The van der Waals surface area contributed by atoms with Gasteiger partial charge in [0.05, 0.1) is 11.4 Å². The first kappa shape index (κ1) is 11.3. The van der Waals surface area contributed by atoms with Gasteiger partial charge in [0.15, 0.2) is 0 Å². The number of benzene rings is 2. The molecular formula is C16H12BrN. The van der Waals surface area contributed by atoms with Gasteiger partial charge in [0.2, 0.25) is 0 Å². The average molecular weight is 298 g/mol. The number of hydrogen-bond acceptors (Lipinski definition) is 1. The fourth-order valence-electron chi connectivity index (χ4n) is 2.08. The molecule has 2 aromatic rings. The lowest BCUT2D eigenvalue weighted by Crippen LogP contribution is -2.09. The van der Waals surface area contributed by atoms with Gasteiger partial charge in [0.1, 0.15) is 0 Å². The summed E-state index contributed by atoms with van der Waals surface area (Å²) >= 11 is 3.61. The third-order valence-electron chi connectivity index (χ3n) is 2.93. The number of fused-ring (bicyclic) bond motifs is 1. The Balaban J connectivity index is 2.17. The van der Waals surface area contributed by atoms with Crippen molar-refractivity contribution < 1.29 is 0 Å². The maximum atomic E-state index is 3.61. The molecule has 0 spiro atoms. The molecule has 2 aromatic carbocycles. The number of halogens is 1. The summed E-state index contributed by atoms with van der Waals surface area (Å²) in [5.74, 6) is 0. The highest BCUT2D eigenvalue weighted by Gasteiger charge is 2.12. The zero-order valence-corrected chi connectivity index (χ0v) is 11.3. The summed E-state index contributed by atoms with van der Waals surface area (Å²) in [6.07, 6.45) is 8.33. The van der Waals surface area contributed by atoms with Gasteiger partial charge in [-0.25, -0.2) is 0 Å². The van der Waals surface area contributed by atoms with Gasteiger partial charge in [0.25, 0.3) is 0 Å². The van der Waals surface area contributed by atoms with Crippen molar-refractivity contribution in [2.24, 2.45) is 0 Å². The highest BCUT2D eigenvalue weighted by atomic mass is 79.9. The van der Waals surface area contributed by atoms with Crippen LogP contribution in [0.1, 0.15) is 5.56 Å². The summed E-state index contributed by atoms with van der Waals surface area (Å²) in [7, 11) is 0.